The standard InChI is InChI=1S/C7H8O4S.Na/c8-6-4-2-1-3-5(6)7(9)12(10)11;/h1-4,7-9H,(H,10,11);/q;+1/p-1. The zero-order chi connectivity index (χ0) is 9.14. The Bertz CT molecular complexity index is 304. The minimum absolute atomic E-state index is 0. The molecule has 0 saturated carbocycles. The molecule has 0 saturated heterocycles. The average molecular weight is 210 g/mol. The van der Waals surface area contributed by atoms with Crippen LogP contribution in [0.1, 0.15) is 11.0 Å². The third kappa shape index (κ3) is 3.38. The van der Waals surface area contributed by atoms with Crippen molar-refractivity contribution in [3.05, 3.63) is 29.8 Å². The smallest absolute Gasteiger partial charge is 0.770 e. The largest absolute Gasteiger partial charge is 1.00 e. The Kier molecular flexibility index (Phi) is 5.78. The van der Waals surface area contributed by atoms with Crippen LogP contribution in [-0.4, -0.2) is 19.0 Å². The van der Waals surface area contributed by atoms with Gasteiger partial charge in [-0.1, -0.05) is 18.2 Å². The Morgan fingerprint density at radius 2 is 1.92 bits per heavy atom. The maximum absolute atomic E-state index is 10.3. The third-order valence-electron chi connectivity index (χ3n) is 1.39. The molecule has 6 heteroatoms. The van der Waals surface area contributed by atoms with Gasteiger partial charge < -0.3 is 14.8 Å². The van der Waals surface area contributed by atoms with Crippen LogP contribution in [0.15, 0.2) is 24.3 Å². The summed E-state index contributed by atoms with van der Waals surface area (Å²) >= 11 is -2.63. The summed E-state index contributed by atoms with van der Waals surface area (Å²) in [5.41, 5.74) is -1.67. The fourth-order valence-corrected chi connectivity index (χ4v) is 1.21. The van der Waals surface area contributed by atoms with Crippen molar-refractivity contribution < 1.29 is 48.5 Å². The first-order valence-electron chi connectivity index (χ1n) is 3.17. The van der Waals surface area contributed by atoms with E-state index in [-0.39, 0.29) is 40.9 Å². The van der Waals surface area contributed by atoms with Crippen molar-refractivity contribution in [2.45, 2.75) is 5.44 Å². The molecule has 0 amide bonds. The summed E-state index contributed by atoms with van der Waals surface area (Å²) in [6.45, 7) is 0. The van der Waals surface area contributed by atoms with E-state index in [9.17, 15) is 8.76 Å². The molecule has 0 aliphatic heterocycles. The Hall–Kier alpha value is 0.0900. The van der Waals surface area contributed by atoms with Crippen molar-refractivity contribution >= 4 is 11.1 Å². The number of hydrogen-bond acceptors (Lipinski definition) is 4. The van der Waals surface area contributed by atoms with Crippen LogP contribution in [0, 0.1) is 0 Å². The van der Waals surface area contributed by atoms with Gasteiger partial charge in [0.15, 0.2) is 0 Å². The first kappa shape index (κ1) is 13.1. The van der Waals surface area contributed by atoms with E-state index in [4.69, 9.17) is 10.2 Å². The molecule has 1 aromatic carbocycles. The molecule has 2 N–H and O–H groups in total. The molecule has 2 unspecified atom stereocenters. The fourth-order valence-electron chi connectivity index (χ4n) is 0.800. The number of hydrogen-bond donors (Lipinski definition) is 2. The van der Waals surface area contributed by atoms with Crippen molar-refractivity contribution in [1.82, 2.24) is 0 Å². The summed E-state index contributed by atoms with van der Waals surface area (Å²) in [6.07, 6.45) is 0. The fraction of sp³-hybridized carbons (Fsp3) is 0.143. The van der Waals surface area contributed by atoms with E-state index in [1.807, 2.05) is 0 Å². The number of para-hydroxylation sites is 1. The number of aliphatic hydroxyl groups excluding tert-OH is 1. The molecule has 1 rings (SSSR count). The number of aromatic hydroxyl groups is 1. The van der Waals surface area contributed by atoms with Crippen LogP contribution in [0.3, 0.4) is 0 Å². The van der Waals surface area contributed by atoms with Crippen molar-refractivity contribution in [1.29, 1.82) is 0 Å². The molecule has 0 spiro atoms. The van der Waals surface area contributed by atoms with Crippen LogP contribution >= 0.6 is 0 Å². The topological polar surface area (TPSA) is 80.6 Å². The number of rotatable bonds is 2. The van der Waals surface area contributed by atoms with Gasteiger partial charge in [-0.3, -0.25) is 4.21 Å². The van der Waals surface area contributed by atoms with E-state index in [0.29, 0.717) is 0 Å². The van der Waals surface area contributed by atoms with Crippen LogP contribution in [-0.2, 0) is 11.1 Å². The van der Waals surface area contributed by atoms with Gasteiger partial charge in [-0.05, 0) is 17.1 Å². The van der Waals surface area contributed by atoms with E-state index >= 15 is 0 Å². The summed E-state index contributed by atoms with van der Waals surface area (Å²) in [5.74, 6) is -0.228. The molecule has 2 atom stereocenters. The molecule has 0 aliphatic rings. The minimum atomic E-state index is -2.63. The first-order chi connectivity index (χ1) is 5.63. The molecule has 4 nitrogen and oxygen atoms in total. The van der Waals surface area contributed by atoms with Crippen LogP contribution in [0.5, 0.6) is 5.75 Å². The van der Waals surface area contributed by atoms with Gasteiger partial charge in [-0.15, -0.1) is 0 Å². The van der Waals surface area contributed by atoms with Gasteiger partial charge in [0, 0.05) is 5.56 Å². The van der Waals surface area contributed by atoms with Crippen molar-refractivity contribution in [2.75, 3.05) is 0 Å². The Morgan fingerprint density at radius 1 is 1.38 bits per heavy atom. The van der Waals surface area contributed by atoms with Gasteiger partial charge in [0.05, 0.1) is 0 Å². The van der Waals surface area contributed by atoms with Gasteiger partial charge in [-0.2, -0.15) is 0 Å². The summed E-state index contributed by atoms with van der Waals surface area (Å²) in [6, 6.07) is 5.73. The summed E-state index contributed by atoms with van der Waals surface area (Å²) < 4.78 is 20.6. The van der Waals surface area contributed by atoms with Crippen LogP contribution < -0.4 is 29.6 Å². The molecule has 66 valence electrons. The molecule has 0 aromatic heterocycles. The van der Waals surface area contributed by atoms with Crippen LogP contribution in [0.4, 0.5) is 0 Å². The Labute approximate surface area is 100 Å². The predicted octanol–water partition coefficient (Wildman–Crippen LogP) is -2.73. The number of phenols is 1. The molecular weight excluding hydrogens is 203 g/mol. The van der Waals surface area contributed by atoms with Gasteiger partial charge in [-0.25, -0.2) is 0 Å². The number of benzene rings is 1. The molecule has 0 aliphatic carbocycles. The van der Waals surface area contributed by atoms with E-state index in [1.165, 1.54) is 18.2 Å². The Morgan fingerprint density at radius 3 is 2.38 bits per heavy atom. The molecule has 13 heavy (non-hydrogen) atoms. The van der Waals surface area contributed by atoms with Crippen molar-refractivity contribution in [3.8, 4) is 5.75 Å². The predicted molar refractivity (Wildman–Crippen MR) is 42.0 cm³/mol. The second-order valence-corrected chi connectivity index (χ2v) is 3.14. The SMILES string of the molecule is O=S([O-])C(O)c1ccccc1O.[Na+]. The van der Waals surface area contributed by atoms with E-state index in [0.717, 1.165) is 0 Å². The van der Waals surface area contributed by atoms with E-state index in [2.05, 4.69) is 0 Å². The maximum atomic E-state index is 10.3. The van der Waals surface area contributed by atoms with Crippen molar-refractivity contribution in [2.24, 2.45) is 0 Å². The summed E-state index contributed by atoms with van der Waals surface area (Å²) in [4.78, 5) is 0. The second-order valence-electron chi connectivity index (χ2n) is 2.17. The molecule has 0 radical (unpaired) electrons. The zero-order valence-electron chi connectivity index (χ0n) is 7.01. The third-order valence-corrected chi connectivity index (χ3v) is 2.00. The molecule has 0 heterocycles. The van der Waals surface area contributed by atoms with Gasteiger partial charge in [0.25, 0.3) is 0 Å². The Balaban J connectivity index is 0.00000144. The summed E-state index contributed by atoms with van der Waals surface area (Å²) in [7, 11) is 0. The minimum Gasteiger partial charge on any atom is -0.770 e. The van der Waals surface area contributed by atoms with E-state index < -0.39 is 16.5 Å². The first-order valence-corrected chi connectivity index (χ1v) is 4.30. The summed E-state index contributed by atoms with van der Waals surface area (Å²) in [5, 5.41) is 18.1. The molecule has 0 fully saturated rings. The van der Waals surface area contributed by atoms with Crippen LogP contribution in [0.2, 0.25) is 0 Å². The second kappa shape index (κ2) is 5.74. The zero-order valence-corrected chi connectivity index (χ0v) is 9.82. The van der Waals surface area contributed by atoms with Gasteiger partial charge in [0.1, 0.15) is 11.2 Å². The molecule has 1 aromatic rings. The van der Waals surface area contributed by atoms with Gasteiger partial charge in [0.2, 0.25) is 0 Å². The van der Waals surface area contributed by atoms with Gasteiger partial charge >= 0.3 is 29.6 Å². The van der Waals surface area contributed by atoms with Crippen LogP contribution in [0.25, 0.3) is 0 Å². The number of aliphatic hydroxyl groups is 1. The van der Waals surface area contributed by atoms with E-state index in [1.54, 1.807) is 6.07 Å². The molecule has 0 bridgehead atoms. The van der Waals surface area contributed by atoms with Crippen molar-refractivity contribution in [3.63, 3.8) is 0 Å². The molecular formula is C7H7NaO4S. The monoisotopic (exact) mass is 210 g/mol. The quantitative estimate of drug-likeness (QED) is 0.410. The number of phenolic OH excluding ortho intramolecular Hbond substituents is 1. The normalized spacial score (nSPS) is 14.3. The maximum Gasteiger partial charge on any atom is 1.00 e. The average Bonchev–Trinajstić information content (AvgIpc) is 2.04.